The molecule has 88 valence electrons. The molecule has 0 spiro atoms. The molecule has 0 unspecified atom stereocenters. The number of halogens is 2. The number of nitrogens with one attached hydrogen (secondary N) is 1. The van der Waals surface area contributed by atoms with Gasteiger partial charge >= 0.3 is 0 Å². The van der Waals surface area contributed by atoms with E-state index in [0.29, 0.717) is 0 Å². The second kappa shape index (κ2) is 6.20. The van der Waals surface area contributed by atoms with Crippen LogP contribution in [0.1, 0.15) is 37.8 Å². The van der Waals surface area contributed by atoms with Crippen LogP contribution in [0.15, 0.2) is 29.4 Å². The highest BCUT2D eigenvalue weighted by atomic mass is 19.3. The highest BCUT2D eigenvalue weighted by Gasteiger charge is 2.07. The van der Waals surface area contributed by atoms with E-state index in [4.69, 9.17) is 0 Å². The molecule has 0 saturated heterocycles. The van der Waals surface area contributed by atoms with Crippen molar-refractivity contribution in [2.24, 2.45) is 5.10 Å². The zero-order valence-corrected chi connectivity index (χ0v) is 9.50. The number of hydrogen-bond acceptors (Lipinski definition) is 2. The summed E-state index contributed by atoms with van der Waals surface area (Å²) in [4.78, 5) is 0. The zero-order valence-electron chi connectivity index (χ0n) is 9.50. The first-order valence-electron chi connectivity index (χ1n) is 5.37. The van der Waals surface area contributed by atoms with Crippen LogP contribution in [0.5, 0.6) is 0 Å². The number of hydrazone groups is 1. The third-order valence-corrected chi connectivity index (χ3v) is 2.20. The molecular formula is C12H16F2N2. The number of rotatable bonds is 5. The van der Waals surface area contributed by atoms with E-state index in [1.807, 2.05) is 13.8 Å². The lowest BCUT2D eigenvalue weighted by Crippen LogP contribution is -2.10. The summed E-state index contributed by atoms with van der Waals surface area (Å²) in [5.74, 6) is 0. The van der Waals surface area contributed by atoms with Gasteiger partial charge in [-0.25, -0.2) is 8.78 Å². The van der Waals surface area contributed by atoms with Crippen LogP contribution in [0.4, 0.5) is 8.78 Å². The van der Waals surface area contributed by atoms with E-state index < -0.39 is 6.43 Å². The van der Waals surface area contributed by atoms with E-state index in [0.717, 1.165) is 24.2 Å². The molecule has 0 bridgehead atoms. The van der Waals surface area contributed by atoms with Gasteiger partial charge in [0.1, 0.15) is 0 Å². The highest BCUT2D eigenvalue weighted by Crippen LogP contribution is 2.19. The molecule has 4 heteroatoms. The van der Waals surface area contributed by atoms with Crippen molar-refractivity contribution in [3.8, 4) is 0 Å². The molecule has 0 atom stereocenters. The summed E-state index contributed by atoms with van der Waals surface area (Å²) < 4.78 is 24.7. The first-order valence-corrected chi connectivity index (χ1v) is 5.37. The molecule has 0 aliphatic rings. The van der Waals surface area contributed by atoms with Crippen LogP contribution in [0.3, 0.4) is 0 Å². The molecule has 2 nitrogen and oxygen atoms in total. The Kier molecular flexibility index (Phi) is 4.89. The van der Waals surface area contributed by atoms with Crippen molar-refractivity contribution in [2.45, 2.75) is 26.7 Å². The highest BCUT2D eigenvalue weighted by molar-refractivity contribution is 6.00. The summed E-state index contributed by atoms with van der Waals surface area (Å²) in [6.45, 7) is 4.69. The second-order valence-electron chi connectivity index (χ2n) is 3.35. The molecule has 1 rings (SSSR count). The normalized spacial score (nSPS) is 11.9. The Bertz CT molecular complexity index is 345. The predicted molar refractivity (Wildman–Crippen MR) is 61.9 cm³/mol. The standard InChI is InChI=1S/C12H16F2N2/c1-3-11(16-15-4-2)9-5-7-10(8-6-9)12(13)14/h5-8,12,15H,3-4H2,1-2H3/b16-11+. The van der Waals surface area contributed by atoms with Crippen LogP contribution >= 0.6 is 0 Å². The predicted octanol–water partition coefficient (Wildman–Crippen LogP) is 3.35. The molecule has 1 aromatic carbocycles. The van der Waals surface area contributed by atoms with Crippen molar-refractivity contribution in [1.82, 2.24) is 5.43 Å². The molecule has 0 amide bonds. The van der Waals surface area contributed by atoms with Gasteiger partial charge < -0.3 is 5.43 Å². The van der Waals surface area contributed by atoms with E-state index in [9.17, 15) is 8.78 Å². The number of nitrogens with zero attached hydrogens (tertiary/aromatic N) is 1. The van der Waals surface area contributed by atoms with Crippen LogP contribution in [-0.4, -0.2) is 12.3 Å². The summed E-state index contributed by atoms with van der Waals surface area (Å²) in [6, 6.07) is 6.25. The van der Waals surface area contributed by atoms with E-state index in [1.165, 1.54) is 12.1 Å². The molecule has 16 heavy (non-hydrogen) atoms. The minimum atomic E-state index is -2.41. The Morgan fingerprint density at radius 2 is 1.88 bits per heavy atom. The Hall–Kier alpha value is -1.45. The van der Waals surface area contributed by atoms with Crippen LogP contribution in [0.25, 0.3) is 0 Å². The first kappa shape index (κ1) is 12.6. The van der Waals surface area contributed by atoms with Crippen molar-refractivity contribution in [3.63, 3.8) is 0 Å². The smallest absolute Gasteiger partial charge is 0.263 e. The molecule has 0 aliphatic heterocycles. The van der Waals surface area contributed by atoms with E-state index in [2.05, 4.69) is 10.5 Å². The monoisotopic (exact) mass is 226 g/mol. The summed E-state index contributed by atoms with van der Waals surface area (Å²) in [5, 5.41) is 4.18. The Labute approximate surface area is 94.4 Å². The lowest BCUT2D eigenvalue weighted by Gasteiger charge is -2.06. The average molecular weight is 226 g/mol. The lowest BCUT2D eigenvalue weighted by atomic mass is 10.1. The fourth-order valence-electron chi connectivity index (χ4n) is 1.34. The quantitative estimate of drug-likeness (QED) is 0.604. The van der Waals surface area contributed by atoms with E-state index in [1.54, 1.807) is 12.1 Å². The van der Waals surface area contributed by atoms with Gasteiger partial charge in [-0.3, -0.25) is 0 Å². The molecule has 1 N–H and O–H groups in total. The van der Waals surface area contributed by atoms with Crippen LogP contribution in [0, 0.1) is 0 Å². The molecule has 0 saturated carbocycles. The van der Waals surface area contributed by atoms with Gasteiger partial charge in [-0.15, -0.1) is 0 Å². The van der Waals surface area contributed by atoms with Crippen molar-refractivity contribution < 1.29 is 8.78 Å². The van der Waals surface area contributed by atoms with Gasteiger partial charge in [-0.05, 0) is 18.9 Å². The van der Waals surface area contributed by atoms with Crippen LogP contribution in [0.2, 0.25) is 0 Å². The Morgan fingerprint density at radius 1 is 1.25 bits per heavy atom. The average Bonchev–Trinajstić information content (AvgIpc) is 2.30. The van der Waals surface area contributed by atoms with E-state index in [-0.39, 0.29) is 5.56 Å². The summed E-state index contributed by atoms with van der Waals surface area (Å²) in [5.41, 5.74) is 4.68. The Morgan fingerprint density at radius 3 is 2.31 bits per heavy atom. The molecular weight excluding hydrogens is 210 g/mol. The minimum Gasteiger partial charge on any atom is -0.310 e. The van der Waals surface area contributed by atoms with Crippen molar-refractivity contribution in [1.29, 1.82) is 0 Å². The van der Waals surface area contributed by atoms with Gasteiger partial charge in [0.2, 0.25) is 0 Å². The third-order valence-electron chi connectivity index (χ3n) is 2.20. The number of hydrogen-bond donors (Lipinski definition) is 1. The van der Waals surface area contributed by atoms with Gasteiger partial charge in [0.05, 0.1) is 5.71 Å². The number of benzene rings is 1. The van der Waals surface area contributed by atoms with Gasteiger partial charge in [-0.1, -0.05) is 31.2 Å². The van der Waals surface area contributed by atoms with Gasteiger partial charge in [0, 0.05) is 12.1 Å². The van der Waals surface area contributed by atoms with Crippen molar-refractivity contribution in [3.05, 3.63) is 35.4 Å². The molecule has 0 fully saturated rings. The van der Waals surface area contributed by atoms with Crippen LogP contribution in [-0.2, 0) is 0 Å². The molecule has 0 heterocycles. The number of alkyl halides is 2. The Balaban J connectivity index is 2.86. The van der Waals surface area contributed by atoms with Crippen LogP contribution < -0.4 is 5.43 Å². The van der Waals surface area contributed by atoms with Gasteiger partial charge in [-0.2, -0.15) is 5.10 Å². The second-order valence-corrected chi connectivity index (χ2v) is 3.35. The fourth-order valence-corrected chi connectivity index (χ4v) is 1.34. The largest absolute Gasteiger partial charge is 0.310 e. The fraction of sp³-hybridized carbons (Fsp3) is 0.417. The van der Waals surface area contributed by atoms with Gasteiger partial charge in [0.15, 0.2) is 0 Å². The first-order chi connectivity index (χ1) is 7.69. The van der Waals surface area contributed by atoms with Gasteiger partial charge in [0.25, 0.3) is 6.43 Å². The SMILES string of the molecule is CCN/N=C(\CC)c1ccc(C(F)F)cc1. The summed E-state index contributed by atoms with van der Waals surface area (Å²) >= 11 is 0. The topological polar surface area (TPSA) is 24.4 Å². The molecule has 0 aromatic heterocycles. The van der Waals surface area contributed by atoms with E-state index >= 15 is 0 Å². The van der Waals surface area contributed by atoms with Crippen molar-refractivity contribution in [2.75, 3.05) is 6.54 Å². The molecule has 0 radical (unpaired) electrons. The summed E-state index contributed by atoms with van der Waals surface area (Å²) in [6.07, 6.45) is -1.65. The summed E-state index contributed by atoms with van der Waals surface area (Å²) in [7, 11) is 0. The molecule has 1 aromatic rings. The minimum absolute atomic E-state index is 0.0441. The maximum Gasteiger partial charge on any atom is 0.263 e. The zero-order chi connectivity index (χ0) is 12.0. The lowest BCUT2D eigenvalue weighted by molar-refractivity contribution is 0.151. The van der Waals surface area contributed by atoms with Crippen molar-refractivity contribution >= 4 is 5.71 Å². The maximum atomic E-state index is 12.3. The molecule has 0 aliphatic carbocycles. The maximum absolute atomic E-state index is 12.3. The third kappa shape index (κ3) is 3.29.